The molecule has 0 radical (unpaired) electrons. The van der Waals surface area contributed by atoms with Crippen LogP contribution in [0.4, 0.5) is 0 Å². The molecule has 0 unspecified atom stereocenters. The molecule has 0 spiro atoms. The Labute approximate surface area is 212 Å². The molecule has 0 atom stereocenters. The van der Waals surface area contributed by atoms with Crippen LogP contribution in [0.5, 0.6) is 0 Å². The first-order valence-corrected chi connectivity index (χ1v) is 15.0. The monoisotopic (exact) mass is 655 g/mol. The summed E-state index contributed by atoms with van der Waals surface area (Å²) in [6.07, 6.45) is 19.7. The summed E-state index contributed by atoms with van der Waals surface area (Å²) in [5.74, 6) is -0.677. The Hall–Kier alpha value is -0.380. The molecule has 176 valence electrons. The molecule has 0 aliphatic heterocycles. The molecule has 0 aliphatic carbocycles. The smallest absolute Gasteiger partial charge is 0.259 e. The Kier molecular flexibility index (Phi) is 17.7. The van der Waals surface area contributed by atoms with Gasteiger partial charge in [-0.3, -0.25) is 18.0 Å². The van der Waals surface area contributed by atoms with E-state index in [1.54, 1.807) is 12.1 Å². The van der Waals surface area contributed by atoms with Gasteiger partial charge in [0.15, 0.2) is 21.2 Å². The molecule has 0 heterocycles. The third-order valence-corrected chi connectivity index (χ3v) is 9.07. The standard InChI is InChI=1S/C25H39I2NO3/c1-2-3-4-5-6-7-8-9-10-11-12-13-14-15-16-20-23(29)28-25(30)21-18-17-19-22(26)24(21)27-31/h17-19H,2-16,20H2,1H3,(H,28,29,30). The molecule has 0 aliphatic rings. The first kappa shape index (κ1) is 28.7. The van der Waals surface area contributed by atoms with Crippen LogP contribution in [0.1, 0.15) is 120 Å². The number of hydrogen-bond donors (Lipinski definition) is 1. The number of nitrogens with one attached hydrogen (secondary N) is 1. The zero-order valence-corrected chi connectivity index (χ0v) is 23.3. The molecule has 31 heavy (non-hydrogen) atoms. The lowest BCUT2D eigenvalue weighted by Crippen LogP contribution is -2.30. The SMILES string of the molecule is CCCCCCCCCCCCCCCCCC(=O)NC(=O)c1cccc(I)c1I=O. The second kappa shape index (κ2) is 19.1. The Balaban J connectivity index is 1.99. The molecule has 0 fully saturated rings. The Morgan fingerprint density at radius 2 is 1.29 bits per heavy atom. The summed E-state index contributed by atoms with van der Waals surface area (Å²) in [5.41, 5.74) is 0.361. The highest BCUT2D eigenvalue weighted by Crippen LogP contribution is 2.22. The van der Waals surface area contributed by atoms with Crippen molar-refractivity contribution in [3.63, 3.8) is 0 Å². The van der Waals surface area contributed by atoms with Crippen molar-refractivity contribution < 1.29 is 12.7 Å². The van der Waals surface area contributed by atoms with Gasteiger partial charge >= 0.3 is 0 Å². The van der Waals surface area contributed by atoms with Gasteiger partial charge in [-0.15, -0.1) is 0 Å². The predicted octanol–water partition coefficient (Wildman–Crippen LogP) is 8.29. The molecule has 2 amide bonds. The third-order valence-electron chi connectivity index (χ3n) is 5.53. The number of unbranched alkanes of at least 4 members (excludes halogenated alkanes) is 14. The normalized spacial score (nSPS) is 10.9. The van der Waals surface area contributed by atoms with Gasteiger partial charge in [0.05, 0.1) is 9.13 Å². The molecule has 4 nitrogen and oxygen atoms in total. The van der Waals surface area contributed by atoms with Crippen molar-refractivity contribution in [2.75, 3.05) is 0 Å². The third kappa shape index (κ3) is 13.7. The Morgan fingerprint density at radius 1 is 0.806 bits per heavy atom. The maximum absolute atomic E-state index is 12.3. The van der Waals surface area contributed by atoms with E-state index in [1.165, 1.54) is 77.0 Å². The predicted molar refractivity (Wildman–Crippen MR) is 145 cm³/mol. The average Bonchev–Trinajstić information content (AvgIpc) is 2.76. The summed E-state index contributed by atoms with van der Waals surface area (Å²) in [6, 6.07) is 5.20. The molecule has 0 aromatic heterocycles. The van der Waals surface area contributed by atoms with E-state index in [0.717, 1.165) is 22.8 Å². The van der Waals surface area contributed by atoms with E-state index in [-0.39, 0.29) is 5.91 Å². The molecule has 1 rings (SSSR count). The first-order chi connectivity index (χ1) is 15.1. The van der Waals surface area contributed by atoms with E-state index < -0.39 is 27.1 Å². The van der Waals surface area contributed by atoms with E-state index in [0.29, 0.717) is 15.6 Å². The maximum atomic E-state index is 12.3. The number of carbonyl (C=O) groups is 2. The van der Waals surface area contributed by atoms with E-state index in [4.69, 9.17) is 0 Å². The van der Waals surface area contributed by atoms with E-state index in [2.05, 4.69) is 34.8 Å². The fourth-order valence-corrected chi connectivity index (χ4v) is 5.78. The van der Waals surface area contributed by atoms with Crippen molar-refractivity contribution in [2.45, 2.75) is 110 Å². The lowest BCUT2D eigenvalue weighted by Gasteiger charge is -2.07. The second-order valence-electron chi connectivity index (χ2n) is 8.26. The van der Waals surface area contributed by atoms with Crippen molar-refractivity contribution in [3.05, 3.63) is 30.9 Å². The van der Waals surface area contributed by atoms with Crippen LogP contribution >= 0.6 is 43.8 Å². The molecule has 0 saturated heterocycles. The highest BCUT2D eigenvalue weighted by atomic mass is 127. The van der Waals surface area contributed by atoms with Crippen LogP contribution < -0.4 is 5.32 Å². The van der Waals surface area contributed by atoms with Gasteiger partial charge in [0, 0.05) is 9.99 Å². The second-order valence-corrected chi connectivity index (χ2v) is 10.9. The van der Waals surface area contributed by atoms with E-state index >= 15 is 0 Å². The fraction of sp³-hybridized carbons (Fsp3) is 0.680. The molecule has 1 N–H and O–H groups in total. The molecule has 0 bridgehead atoms. The molecular weight excluding hydrogens is 616 g/mol. The van der Waals surface area contributed by atoms with Crippen molar-refractivity contribution >= 4 is 55.6 Å². The number of carbonyl (C=O) groups excluding carboxylic acids is 2. The van der Waals surface area contributed by atoms with Crippen LogP contribution in [0.3, 0.4) is 0 Å². The largest absolute Gasteiger partial charge is 0.292 e. The van der Waals surface area contributed by atoms with Gasteiger partial charge in [-0.2, -0.15) is 0 Å². The minimum atomic E-state index is -1.45. The fourth-order valence-electron chi connectivity index (χ4n) is 3.67. The van der Waals surface area contributed by atoms with Gasteiger partial charge in [-0.1, -0.05) is 103 Å². The van der Waals surface area contributed by atoms with Crippen LogP contribution in [0.25, 0.3) is 0 Å². The maximum Gasteiger partial charge on any atom is 0.259 e. The van der Waals surface area contributed by atoms with Crippen molar-refractivity contribution in [1.29, 1.82) is 0 Å². The van der Waals surface area contributed by atoms with Crippen LogP contribution in [-0.4, -0.2) is 11.8 Å². The number of hydrogen-bond acceptors (Lipinski definition) is 3. The number of halogens is 2. The summed E-state index contributed by atoms with van der Waals surface area (Å²) in [5, 5.41) is 2.45. The summed E-state index contributed by atoms with van der Waals surface area (Å²) < 4.78 is 12.8. The Morgan fingerprint density at radius 3 is 1.77 bits per heavy atom. The molecule has 0 saturated carbocycles. The molecule has 1 aromatic rings. The van der Waals surface area contributed by atoms with Gasteiger partial charge in [0.2, 0.25) is 5.91 Å². The van der Waals surface area contributed by atoms with Crippen molar-refractivity contribution in [3.8, 4) is 0 Å². The van der Waals surface area contributed by atoms with Crippen molar-refractivity contribution in [2.24, 2.45) is 0 Å². The quantitative estimate of drug-likeness (QED) is 0.128. The number of rotatable bonds is 18. The first-order valence-electron chi connectivity index (χ1n) is 12.0. The molecule has 1 aromatic carbocycles. The van der Waals surface area contributed by atoms with E-state index in [1.807, 2.05) is 6.07 Å². The lowest BCUT2D eigenvalue weighted by atomic mass is 10.0. The zero-order valence-electron chi connectivity index (χ0n) is 19.0. The van der Waals surface area contributed by atoms with Crippen LogP contribution in [0, 0.1) is 7.14 Å². The van der Waals surface area contributed by atoms with Gasteiger partial charge in [0.1, 0.15) is 0 Å². The van der Waals surface area contributed by atoms with Crippen molar-refractivity contribution in [1.82, 2.24) is 5.32 Å². The minimum Gasteiger partial charge on any atom is -0.292 e. The highest BCUT2D eigenvalue weighted by molar-refractivity contribution is 14.2. The lowest BCUT2D eigenvalue weighted by molar-refractivity contribution is -0.120. The summed E-state index contributed by atoms with van der Waals surface area (Å²) >= 11 is 0.616. The molecular formula is C25H39I2NO3. The topological polar surface area (TPSA) is 63.2 Å². The van der Waals surface area contributed by atoms with Crippen LogP contribution in [-0.2, 0) is 7.86 Å². The average molecular weight is 655 g/mol. The van der Waals surface area contributed by atoms with Gasteiger partial charge in [-0.25, -0.2) is 0 Å². The number of amides is 2. The molecule has 6 heteroatoms. The van der Waals surface area contributed by atoms with Gasteiger partial charge < -0.3 is 0 Å². The zero-order chi connectivity index (χ0) is 22.7. The number of imide groups is 1. The van der Waals surface area contributed by atoms with Crippen LogP contribution in [0.2, 0.25) is 0 Å². The van der Waals surface area contributed by atoms with E-state index in [9.17, 15) is 12.7 Å². The number of benzene rings is 1. The summed E-state index contributed by atoms with van der Waals surface area (Å²) in [7, 11) is 0. The minimum absolute atomic E-state index is 0.242. The van der Waals surface area contributed by atoms with Gasteiger partial charge in [0.25, 0.3) is 5.91 Å². The Bertz CT molecular complexity index is 664. The summed E-state index contributed by atoms with van der Waals surface area (Å²) in [6.45, 7) is 2.26. The van der Waals surface area contributed by atoms with Crippen LogP contribution in [0.15, 0.2) is 18.2 Å². The summed E-state index contributed by atoms with van der Waals surface area (Å²) in [4.78, 5) is 24.3. The highest BCUT2D eigenvalue weighted by Gasteiger charge is 2.16. The van der Waals surface area contributed by atoms with Gasteiger partial charge in [-0.05, 0) is 41.1 Å².